The van der Waals surface area contributed by atoms with Crippen LogP contribution in [-0.2, 0) is 31.4 Å². The summed E-state index contributed by atoms with van der Waals surface area (Å²) in [6.45, 7) is 2.64. The third kappa shape index (κ3) is 5.83. The fraction of sp³-hybridized carbons (Fsp3) is 0.350. The quantitative estimate of drug-likeness (QED) is 0.594. The van der Waals surface area contributed by atoms with Crippen molar-refractivity contribution in [3.05, 3.63) is 59.1 Å². The van der Waals surface area contributed by atoms with Crippen molar-refractivity contribution in [2.45, 2.75) is 42.1 Å². The van der Waals surface area contributed by atoms with E-state index in [4.69, 9.17) is 11.6 Å². The number of rotatable bonds is 8. The minimum Gasteiger partial charge on any atom is -0.351 e. The first-order chi connectivity index (χ1) is 14.6. The zero-order valence-corrected chi connectivity index (χ0v) is 19.3. The number of carbonyl (C=O) groups is 1. The maximum absolute atomic E-state index is 12.6. The summed E-state index contributed by atoms with van der Waals surface area (Å²) in [5.74, 6) is -0.508. The van der Waals surface area contributed by atoms with Gasteiger partial charge >= 0.3 is 0 Å². The molecule has 0 spiro atoms. The van der Waals surface area contributed by atoms with Crippen LogP contribution in [0, 0.1) is 0 Å². The van der Waals surface area contributed by atoms with Gasteiger partial charge in [-0.3, -0.25) is 4.79 Å². The number of carbonyl (C=O) groups excluding carboxylic acids is 1. The summed E-state index contributed by atoms with van der Waals surface area (Å²) >= 11 is 5.77. The molecule has 8 nitrogen and oxygen atoms in total. The fourth-order valence-electron chi connectivity index (χ4n) is 3.17. The van der Waals surface area contributed by atoms with Crippen molar-refractivity contribution in [1.29, 1.82) is 0 Å². The van der Waals surface area contributed by atoms with Crippen LogP contribution in [0.5, 0.6) is 0 Å². The molecular formula is C20H24ClN3O5S2. The van der Waals surface area contributed by atoms with Gasteiger partial charge in [0.15, 0.2) is 0 Å². The molecular weight excluding hydrogens is 462 g/mol. The van der Waals surface area contributed by atoms with E-state index >= 15 is 0 Å². The van der Waals surface area contributed by atoms with E-state index in [9.17, 15) is 21.6 Å². The number of hydrogen-bond acceptors (Lipinski definition) is 5. The summed E-state index contributed by atoms with van der Waals surface area (Å²) in [6, 6.07) is 10.9. The molecule has 1 aliphatic heterocycles. The van der Waals surface area contributed by atoms with Crippen molar-refractivity contribution < 1.29 is 21.6 Å². The number of amides is 1. The van der Waals surface area contributed by atoms with Gasteiger partial charge in [-0.1, -0.05) is 23.7 Å². The van der Waals surface area contributed by atoms with E-state index in [1.54, 1.807) is 12.1 Å². The minimum atomic E-state index is -3.88. The molecule has 0 aliphatic carbocycles. The summed E-state index contributed by atoms with van der Waals surface area (Å²) < 4.78 is 53.7. The molecule has 1 atom stereocenters. The van der Waals surface area contributed by atoms with E-state index in [0.717, 1.165) is 12.8 Å². The second kappa shape index (κ2) is 9.66. The number of benzene rings is 2. The van der Waals surface area contributed by atoms with Crippen LogP contribution in [0.4, 0.5) is 0 Å². The van der Waals surface area contributed by atoms with Gasteiger partial charge in [0.25, 0.3) is 0 Å². The molecule has 0 aromatic heterocycles. The van der Waals surface area contributed by atoms with Gasteiger partial charge in [0.2, 0.25) is 26.0 Å². The molecule has 11 heteroatoms. The van der Waals surface area contributed by atoms with Crippen molar-refractivity contribution in [1.82, 2.24) is 14.3 Å². The average Bonchev–Trinajstić information content (AvgIpc) is 3.28. The second-order valence-corrected chi connectivity index (χ2v) is 11.4. The molecule has 1 saturated heterocycles. The van der Waals surface area contributed by atoms with Crippen molar-refractivity contribution in [3.63, 3.8) is 0 Å². The van der Waals surface area contributed by atoms with Crippen LogP contribution in [0.2, 0.25) is 5.02 Å². The first-order valence-electron chi connectivity index (χ1n) is 9.74. The van der Waals surface area contributed by atoms with Crippen molar-refractivity contribution >= 4 is 37.6 Å². The van der Waals surface area contributed by atoms with Gasteiger partial charge in [-0.2, -0.15) is 9.03 Å². The summed E-state index contributed by atoms with van der Waals surface area (Å²) in [5.41, 5.74) is 0.696. The normalized spacial score (nSPS) is 16.2. The Morgan fingerprint density at radius 1 is 0.968 bits per heavy atom. The predicted octanol–water partition coefficient (Wildman–Crippen LogP) is 2.11. The van der Waals surface area contributed by atoms with E-state index < -0.39 is 32.0 Å². The number of halogens is 1. The van der Waals surface area contributed by atoms with Crippen LogP contribution in [0.15, 0.2) is 58.3 Å². The largest absolute Gasteiger partial charge is 0.351 e. The molecule has 168 valence electrons. The molecule has 2 aromatic carbocycles. The third-order valence-corrected chi connectivity index (χ3v) is 8.66. The van der Waals surface area contributed by atoms with Crippen LogP contribution in [0.1, 0.15) is 25.3 Å². The van der Waals surface area contributed by atoms with Crippen molar-refractivity contribution in [2.75, 3.05) is 13.1 Å². The Kier molecular flexibility index (Phi) is 7.38. The van der Waals surface area contributed by atoms with Crippen LogP contribution in [-0.4, -0.2) is 46.2 Å². The first kappa shape index (κ1) is 23.7. The number of nitrogens with one attached hydrogen (secondary N) is 2. The SMILES string of the molecule is C[C@@H](NS(=O)(=O)c1ccc(Cl)cc1)C(=O)NCc1ccc(S(=O)(=O)N2CCCC2)cc1. The molecule has 1 heterocycles. The van der Waals surface area contributed by atoms with Gasteiger partial charge in [0.05, 0.1) is 15.8 Å². The third-order valence-electron chi connectivity index (χ3n) is 4.94. The smallest absolute Gasteiger partial charge is 0.243 e. The maximum atomic E-state index is 12.6. The number of nitrogens with zero attached hydrogens (tertiary/aromatic N) is 1. The maximum Gasteiger partial charge on any atom is 0.243 e. The van der Waals surface area contributed by atoms with E-state index in [2.05, 4.69) is 10.0 Å². The van der Waals surface area contributed by atoms with Crippen LogP contribution in [0.3, 0.4) is 0 Å². The molecule has 0 unspecified atom stereocenters. The Hall–Kier alpha value is -1.98. The van der Waals surface area contributed by atoms with E-state index in [1.807, 2.05) is 0 Å². The molecule has 31 heavy (non-hydrogen) atoms. The van der Waals surface area contributed by atoms with Crippen LogP contribution in [0.25, 0.3) is 0 Å². The van der Waals surface area contributed by atoms with Crippen molar-refractivity contribution in [2.24, 2.45) is 0 Å². The van der Waals surface area contributed by atoms with E-state index in [0.29, 0.717) is 23.7 Å². The Balaban J connectivity index is 1.57. The Bertz CT molecular complexity index is 1130. The molecule has 0 saturated carbocycles. The second-order valence-electron chi connectivity index (χ2n) is 7.27. The molecule has 1 amide bonds. The fourth-order valence-corrected chi connectivity index (χ4v) is 6.01. The minimum absolute atomic E-state index is 0.00588. The zero-order valence-electron chi connectivity index (χ0n) is 16.9. The predicted molar refractivity (Wildman–Crippen MR) is 118 cm³/mol. The molecule has 0 radical (unpaired) electrons. The molecule has 3 rings (SSSR count). The van der Waals surface area contributed by atoms with Gasteiger partial charge in [0.1, 0.15) is 0 Å². The monoisotopic (exact) mass is 485 g/mol. The van der Waals surface area contributed by atoms with Gasteiger partial charge in [-0.15, -0.1) is 0 Å². The highest BCUT2D eigenvalue weighted by atomic mass is 35.5. The lowest BCUT2D eigenvalue weighted by Crippen LogP contribution is -2.44. The molecule has 1 fully saturated rings. The van der Waals surface area contributed by atoms with Gasteiger partial charge in [0, 0.05) is 24.7 Å². The van der Waals surface area contributed by atoms with Gasteiger partial charge in [-0.25, -0.2) is 16.8 Å². The molecule has 2 aromatic rings. The summed E-state index contributed by atoms with van der Waals surface area (Å²) in [4.78, 5) is 12.5. The highest BCUT2D eigenvalue weighted by Gasteiger charge is 2.27. The van der Waals surface area contributed by atoms with Crippen molar-refractivity contribution in [3.8, 4) is 0 Å². The van der Waals surface area contributed by atoms with E-state index in [-0.39, 0.29) is 16.3 Å². The van der Waals surface area contributed by atoms with Crippen LogP contribution < -0.4 is 10.0 Å². The van der Waals surface area contributed by atoms with Gasteiger partial charge < -0.3 is 5.32 Å². The van der Waals surface area contributed by atoms with E-state index in [1.165, 1.54) is 47.6 Å². The Labute approximate surface area is 187 Å². The first-order valence-corrected chi connectivity index (χ1v) is 13.0. The lowest BCUT2D eigenvalue weighted by atomic mass is 10.2. The number of hydrogen-bond donors (Lipinski definition) is 2. The summed E-state index contributed by atoms with van der Waals surface area (Å²) in [7, 11) is -7.36. The Morgan fingerprint density at radius 3 is 2.10 bits per heavy atom. The molecule has 2 N–H and O–H groups in total. The Morgan fingerprint density at radius 2 is 1.52 bits per heavy atom. The lowest BCUT2D eigenvalue weighted by Gasteiger charge is -2.16. The highest BCUT2D eigenvalue weighted by Crippen LogP contribution is 2.21. The zero-order chi connectivity index (χ0) is 22.6. The average molecular weight is 486 g/mol. The van der Waals surface area contributed by atoms with Crippen LogP contribution >= 0.6 is 11.6 Å². The molecule has 1 aliphatic rings. The molecule has 0 bridgehead atoms. The van der Waals surface area contributed by atoms with Gasteiger partial charge in [-0.05, 0) is 61.7 Å². The standard InChI is InChI=1S/C20H24ClN3O5S2/c1-15(23-30(26,27)18-10-6-17(21)7-11-18)20(25)22-14-16-4-8-19(9-5-16)31(28,29)24-12-2-3-13-24/h4-11,15,23H,2-3,12-14H2,1H3,(H,22,25)/t15-/m1/s1. The highest BCUT2D eigenvalue weighted by molar-refractivity contribution is 7.89. The topological polar surface area (TPSA) is 113 Å². The summed E-state index contributed by atoms with van der Waals surface area (Å²) in [6.07, 6.45) is 1.73. The number of sulfonamides is 2. The lowest BCUT2D eigenvalue weighted by molar-refractivity contribution is -0.122. The summed E-state index contributed by atoms with van der Waals surface area (Å²) in [5, 5.41) is 3.05.